The Hall–Kier alpha value is -2.55. The molecule has 2 aliphatic rings. The molecule has 2 aliphatic heterocycles. The van der Waals surface area contributed by atoms with Crippen LogP contribution in [-0.4, -0.2) is 60.6 Å². The van der Waals surface area contributed by atoms with Crippen LogP contribution in [0.1, 0.15) is 37.3 Å². The van der Waals surface area contributed by atoms with Crippen molar-refractivity contribution < 1.29 is 27.8 Å². The zero-order valence-electron chi connectivity index (χ0n) is 18.4. The van der Waals surface area contributed by atoms with Crippen LogP contribution in [0.4, 0.5) is 13.2 Å². The lowest BCUT2D eigenvalue weighted by Crippen LogP contribution is -2.50. The second kappa shape index (κ2) is 9.52. The number of piperidine rings is 1. The number of likely N-dealkylation sites (tertiary alicyclic amines) is 1. The van der Waals surface area contributed by atoms with Crippen molar-refractivity contribution in [3.8, 4) is 5.75 Å². The van der Waals surface area contributed by atoms with Gasteiger partial charge in [0.15, 0.2) is 0 Å². The van der Waals surface area contributed by atoms with Crippen molar-refractivity contribution in [2.75, 3.05) is 26.7 Å². The Morgan fingerprint density at radius 3 is 2.62 bits per heavy atom. The fraction of sp³-hybridized carbons (Fsp3) is 0.565. The first-order chi connectivity index (χ1) is 15.0. The maximum absolute atomic E-state index is 13.0. The van der Waals surface area contributed by atoms with Gasteiger partial charge in [-0.1, -0.05) is 19.1 Å². The third-order valence-corrected chi connectivity index (χ3v) is 6.37. The molecule has 3 N–H and O–H groups in total. The highest BCUT2D eigenvalue weighted by molar-refractivity contribution is 5.80. The number of aryl methyl sites for hydroxylation is 1. The SMILES string of the molecule is CN=CC(CN1CCC2(CCc3ccc(CC(C)C(=O)O)cc3O2)CC1)=C(N)C(F)(F)F. The molecule has 1 atom stereocenters. The van der Waals surface area contributed by atoms with Crippen LogP contribution in [0, 0.1) is 5.92 Å². The minimum Gasteiger partial charge on any atom is -0.487 e. The number of carboxylic acid groups (broad SMARTS) is 1. The number of aliphatic imine (C=N–C) groups is 1. The average molecular weight is 454 g/mol. The number of rotatable bonds is 6. The topological polar surface area (TPSA) is 88.2 Å². The molecule has 0 aliphatic carbocycles. The van der Waals surface area contributed by atoms with E-state index >= 15 is 0 Å². The Morgan fingerprint density at radius 1 is 1.34 bits per heavy atom. The van der Waals surface area contributed by atoms with Crippen LogP contribution in [0.5, 0.6) is 5.75 Å². The largest absolute Gasteiger partial charge is 0.487 e. The van der Waals surface area contributed by atoms with Gasteiger partial charge in [0.2, 0.25) is 0 Å². The van der Waals surface area contributed by atoms with Crippen molar-refractivity contribution in [3.05, 3.63) is 40.6 Å². The number of nitrogens with zero attached hydrogens (tertiary/aromatic N) is 2. The Balaban J connectivity index is 1.67. The number of benzene rings is 1. The number of halogens is 3. The average Bonchev–Trinajstić information content (AvgIpc) is 2.73. The summed E-state index contributed by atoms with van der Waals surface area (Å²) in [4.78, 5) is 16.8. The number of alkyl halides is 3. The number of aliphatic carboxylic acids is 1. The Kier molecular flexibility index (Phi) is 7.17. The molecule has 0 bridgehead atoms. The minimum atomic E-state index is -4.58. The molecule has 0 saturated carbocycles. The van der Waals surface area contributed by atoms with E-state index in [0.29, 0.717) is 32.4 Å². The van der Waals surface area contributed by atoms with E-state index in [4.69, 9.17) is 15.6 Å². The van der Waals surface area contributed by atoms with Crippen molar-refractivity contribution in [3.63, 3.8) is 0 Å². The van der Waals surface area contributed by atoms with Gasteiger partial charge in [0.05, 0.1) is 5.92 Å². The number of allylic oxidation sites excluding steroid dienone is 1. The molecule has 1 aromatic rings. The zero-order chi connectivity index (χ0) is 23.5. The number of carbonyl (C=O) groups is 1. The van der Waals surface area contributed by atoms with Gasteiger partial charge in [-0.15, -0.1) is 0 Å². The molecule has 1 aromatic carbocycles. The molecular weight excluding hydrogens is 423 g/mol. The van der Waals surface area contributed by atoms with Gasteiger partial charge < -0.3 is 15.6 Å². The summed E-state index contributed by atoms with van der Waals surface area (Å²) in [5.74, 6) is -0.521. The number of carboxylic acids is 1. The third kappa shape index (κ3) is 5.62. The summed E-state index contributed by atoms with van der Waals surface area (Å²) in [5, 5.41) is 9.16. The van der Waals surface area contributed by atoms with E-state index in [2.05, 4.69) is 4.99 Å². The van der Waals surface area contributed by atoms with Gasteiger partial charge in [0.25, 0.3) is 0 Å². The van der Waals surface area contributed by atoms with E-state index < -0.39 is 23.8 Å². The summed E-state index contributed by atoms with van der Waals surface area (Å²) in [7, 11) is 1.42. The summed E-state index contributed by atoms with van der Waals surface area (Å²) < 4.78 is 45.6. The summed E-state index contributed by atoms with van der Waals surface area (Å²) in [6.45, 7) is 2.96. The van der Waals surface area contributed by atoms with Crippen molar-refractivity contribution >= 4 is 12.2 Å². The van der Waals surface area contributed by atoms with Crippen LogP contribution >= 0.6 is 0 Å². The zero-order valence-corrected chi connectivity index (χ0v) is 18.4. The molecule has 1 fully saturated rings. The summed E-state index contributed by atoms with van der Waals surface area (Å²) in [6.07, 6.45) is 0.137. The highest BCUT2D eigenvalue weighted by Gasteiger charge is 2.40. The lowest BCUT2D eigenvalue weighted by atomic mass is 9.82. The second-order valence-electron chi connectivity index (χ2n) is 8.77. The van der Waals surface area contributed by atoms with Gasteiger partial charge in [-0.2, -0.15) is 13.2 Å². The normalized spacial score (nSPS) is 20.5. The Bertz CT molecular complexity index is 903. The Morgan fingerprint density at radius 2 is 2.03 bits per heavy atom. The highest BCUT2D eigenvalue weighted by Crippen LogP contribution is 2.40. The van der Waals surface area contributed by atoms with E-state index in [1.54, 1.807) is 6.92 Å². The molecule has 1 saturated heterocycles. The second-order valence-corrected chi connectivity index (χ2v) is 8.77. The molecule has 32 heavy (non-hydrogen) atoms. The molecule has 1 unspecified atom stereocenters. The number of fused-ring (bicyclic) bond motifs is 1. The first kappa shape index (κ1) is 24.1. The van der Waals surface area contributed by atoms with E-state index in [-0.39, 0.29) is 17.7 Å². The van der Waals surface area contributed by atoms with Crippen LogP contribution in [-0.2, 0) is 17.6 Å². The molecule has 9 heteroatoms. The van der Waals surface area contributed by atoms with Gasteiger partial charge in [0, 0.05) is 38.5 Å². The lowest BCUT2D eigenvalue weighted by Gasteiger charge is -2.45. The number of hydrogen-bond donors (Lipinski definition) is 2. The van der Waals surface area contributed by atoms with Gasteiger partial charge >= 0.3 is 12.1 Å². The predicted octanol–water partition coefficient (Wildman–Crippen LogP) is 3.59. The molecule has 0 amide bonds. The standard InChI is InChI=1S/C23H30F3N3O3/c1-15(21(30)31)11-16-3-4-17-5-6-22(32-19(17)12-16)7-9-29(10-8-22)14-18(13-28-2)20(27)23(24,25)26/h3-4,12-13,15H,5-11,14,27H2,1-2H3,(H,30,31). The fourth-order valence-electron chi connectivity index (χ4n) is 4.36. The van der Waals surface area contributed by atoms with E-state index in [1.807, 2.05) is 23.1 Å². The first-order valence-electron chi connectivity index (χ1n) is 10.8. The maximum Gasteiger partial charge on any atom is 0.431 e. The van der Waals surface area contributed by atoms with E-state index in [9.17, 15) is 18.0 Å². The molecular formula is C23H30F3N3O3. The number of ether oxygens (including phenoxy) is 1. The molecule has 2 heterocycles. The third-order valence-electron chi connectivity index (χ3n) is 6.37. The first-order valence-corrected chi connectivity index (χ1v) is 10.8. The van der Waals surface area contributed by atoms with Crippen molar-refractivity contribution in [2.45, 2.75) is 50.8 Å². The van der Waals surface area contributed by atoms with Crippen molar-refractivity contribution in [2.24, 2.45) is 16.6 Å². The van der Waals surface area contributed by atoms with Crippen molar-refractivity contribution in [1.29, 1.82) is 0 Å². The van der Waals surface area contributed by atoms with Crippen LogP contribution in [0.15, 0.2) is 34.5 Å². The molecule has 3 rings (SSSR count). The Labute approximate surface area is 185 Å². The smallest absolute Gasteiger partial charge is 0.431 e. The van der Waals surface area contributed by atoms with Crippen molar-refractivity contribution in [1.82, 2.24) is 4.90 Å². The van der Waals surface area contributed by atoms with Gasteiger partial charge in [-0.3, -0.25) is 14.7 Å². The van der Waals surface area contributed by atoms with Crippen LogP contribution in [0.2, 0.25) is 0 Å². The van der Waals surface area contributed by atoms with Gasteiger partial charge in [-0.05, 0) is 49.3 Å². The van der Waals surface area contributed by atoms with Gasteiger partial charge in [0.1, 0.15) is 17.0 Å². The summed E-state index contributed by atoms with van der Waals surface area (Å²) in [6, 6.07) is 5.89. The van der Waals surface area contributed by atoms with E-state index in [0.717, 1.165) is 29.7 Å². The number of hydrogen-bond acceptors (Lipinski definition) is 5. The monoisotopic (exact) mass is 453 g/mol. The molecule has 176 valence electrons. The number of nitrogens with two attached hydrogens (primary N) is 1. The quantitative estimate of drug-likeness (QED) is 0.643. The highest BCUT2D eigenvalue weighted by atomic mass is 19.4. The fourth-order valence-corrected chi connectivity index (χ4v) is 4.36. The summed E-state index contributed by atoms with van der Waals surface area (Å²) >= 11 is 0. The predicted molar refractivity (Wildman–Crippen MR) is 116 cm³/mol. The van der Waals surface area contributed by atoms with E-state index in [1.165, 1.54) is 13.3 Å². The maximum atomic E-state index is 13.0. The molecule has 6 nitrogen and oxygen atoms in total. The molecule has 1 spiro atoms. The van der Waals surface area contributed by atoms with Crippen LogP contribution in [0.3, 0.4) is 0 Å². The molecule has 0 radical (unpaired) electrons. The lowest BCUT2D eigenvalue weighted by molar-refractivity contribution is -0.141. The molecule has 0 aromatic heterocycles. The summed E-state index contributed by atoms with van der Waals surface area (Å²) in [5.41, 5.74) is 5.88. The van der Waals surface area contributed by atoms with Gasteiger partial charge in [-0.25, -0.2) is 0 Å². The minimum absolute atomic E-state index is 0.0250. The van der Waals surface area contributed by atoms with Crippen LogP contribution < -0.4 is 10.5 Å². The van der Waals surface area contributed by atoms with Crippen LogP contribution in [0.25, 0.3) is 0 Å².